The molecule has 2 aromatic rings. The maximum absolute atomic E-state index is 13.3. The largest absolute Gasteiger partial charge is 0.346 e. The predicted octanol–water partition coefficient (Wildman–Crippen LogP) is 1.92. The van der Waals surface area contributed by atoms with Gasteiger partial charge in [0, 0.05) is 24.2 Å². The number of likely N-dealkylation sites (N-methyl/N-ethyl adjacent to an activating group) is 1. The lowest BCUT2D eigenvalue weighted by molar-refractivity contribution is 0.469. The van der Waals surface area contributed by atoms with Crippen LogP contribution in [0, 0.1) is 5.82 Å². The third kappa shape index (κ3) is 1.27. The Labute approximate surface area is 87.7 Å². The molecule has 3 rings (SSSR count). The van der Waals surface area contributed by atoms with Crippen LogP contribution in [0.5, 0.6) is 0 Å². The molecule has 1 aromatic carbocycles. The van der Waals surface area contributed by atoms with E-state index in [1.807, 2.05) is 19.3 Å². The topological polar surface area (TPSA) is 17.0 Å². The summed E-state index contributed by atoms with van der Waals surface area (Å²) >= 11 is 0. The van der Waals surface area contributed by atoms with Crippen LogP contribution < -0.4 is 5.32 Å². The number of hydrogen-bond acceptors (Lipinski definition) is 1. The van der Waals surface area contributed by atoms with Crippen molar-refractivity contribution < 1.29 is 4.39 Å². The van der Waals surface area contributed by atoms with Gasteiger partial charge in [-0.1, -0.05) is 0 Å². The molecule has 15 heavy (non-hydrogen) atoms. The lowest BCUT2D eigenvalue weighted by Gasteiger charge is -2.24. The van der Waals surface area contributed by atoms with Crippen LogP contribution in [0.4, 0.5) is 4.39 Å². The summed E-state index contributed by atoms with van der Waals surface area (Å²) < 4.78 is 15.5. The van der Waals surface area contributed by atoms with E-state index in [0.29, 0.717) is 6.04 Å². The second-order valence-corrected chi connectivity index (χ2v) is 4.16. The molecule has 0 saturated carbocycles. The van der Waals surface area contributed by atoms with Gasteiger partial charge in [0.05, 0.1) is 5.52 Å². The van der Waals surface area contributed by atoms with Crippen molar-refractivity contribution in [2.75, 3.05) is 7.05 Å². The Morgan fingerprint density at radius 2 is 2.33 bits per heavy atom. The number of nitrogens with zero attached hydrogens (tertiary/aromatic N) is 1. The predicted molar refractivity (Wildman–Crippen MR) is 58.4 cm³/mol. The Kier molecular flexibility index (Phi) is 1.83. The molecule has 0 saturated heterocycles. The van der Waals surface area contributed by atoms with E-state index in [1.54, 1.807) is 12.1 Å². The molecule has 1 aliphatic rings. The van der Waals surface area contributed by atoms with Gasteiger partial charge in [0.15, 0.2) is 0 Å². The van der Waals surface area contributed by atoms with Gasteiger partial charge >= 0.3 is 0 Å². The van der Waals surface area contributed by atoms with Crippen molar-refractivity contribution in [3.63, 3.8) is 0 Å². The first-order valence-electron chi connectivity index (χ1n) is 5.22. The Bertz CT molecular complexity index is 516. The standard InChI is InChI=1S/C12H13FN2/c1-14-11-6-9-5-10(13)4-8-2-3-15(7-11)12(8)9/h2-5,11,14H,6-7H2,1H3/t11-/m0/s1. The molecular formula is C12H13FN2. The van der Waals surface area contributed by atoms with E-state index in [2.05, 4.69) is 9.88 Å². The highest BCUT2D eigenvalue weighted by Crippen LogP contribution is 2.27. The van der Waals surface area contributed by atoms with Gasteiger partial charge in [-0.15, -0.1) is 0 Å². The van der Waals surface area contributed by atoms with Crippen LogP contribution in [-0.2, 0) is 13.0 Å². The number of halogens is 1. The number of rotatable bonds is 1. The van der Waals surface area contributed by atoms with E-state index < -0.39 is 0 Å². The van der Waals surface area contributed by atoms with Crippen LogP contribution in [0.3, 0.4) is 0 Å². The molecule has 2 heterocycles. The zero-order chi connectivity index (χ0) is 10.4. The average Bonchev–Trinajstić information content (AvgIpc) is 2.62. The fourth-order valence-electron chi connectivity index (χ4n) is 2.47. The zero-order valence-electron chi connectivity index (χ0n) is 8.63. The Balaban J connectivity index is 2.25. The fourth-order valence-corrected chi connectivity index (χ4v) is 2.47. The van der Waals surface area contributed by atoms with Crippen LogP contribution in [0.1, 0.15) is 5.56 Å². The van der Waals surface area contributed by atoms with E-state index in [-0.39, 0.29) is 5.82 Å². The highest BCUT2D eigenvalue weighted by Gasteiger charge is 2.19. The van der Waals surface area contributed by atoms with Gasteiger partial charge < -0.3 is 9.88 Å². The quantitative estimate of drug-likeness (QED) is 0.751. The molecular weight excluding hydrogens is 191 g/mol. The Hall–Kier alpha value is -1.35. The van der Waals surface area contributed by atoms with Crippen molar-refractivity contribution in [3.05, 3.63) is 35.8 Å². The third-order valence-corrected chi connectivity index (χ3v) is 3.20. The first-order chi connectivity index (χ1) is 7.28. The van der Waals surface area contributed by atoms with Crippen molar-refractivity contribution in [2.45, 2.75) is 19.0 Å². The van der Waals surface area contributed by atoms with Crippen LogP contribution in [-0.4, -0.2) is 17.7 Å². The van der Waals surface area contributed by atoms with Crippen molar-refractivity contribution in [2.24, 2.45) is 0 Å². The van der Waals surface area contributed by atoms with Gasteiger partial charge in [0.2, 0.25) is 0 Å². The van der Waals surface area contributed by atoms with Crippen LogP contribution in [0.15, 0.2) is 24.4 Å². The van der Waals surface area contributed by atoms with Gasteiger partial charge in [0.1, 0.15) is 5.82 Å². The van der Waals surface area contributed by atoms with Crippen molar-refractivity contribution in [3.8, 4) is 0 Å². The lowest BCUT2D eigenvalue weighted by Crippen LogP contribution is -2.34. The lowest BCUT2D eigenvalue weighted by atomic mass is 10.00. The molecule has 0 unspecified atom stereocenters. The minimum atomic E-state index is -0.132. The number of aromatic nitrogens is 1. The van der Waals surface area contributed by atoms with E-state index in [0.717, 1.165) is 23.9 Å². The maximum atomic E-state index is 13.3. The number of benzene rings is 1. The second-order valence-electron chi connectivity index (χ2n) is 4.16. The monoisotopic (exact) mass is 204 g/mol. The normalized spacial score (nSPS) is 19.7. The summed E-state index contributed by atoms with van der Waals surface area (Å²) in [5.74, 6) is -0.132. The highest BCUT2D eigenvalue weighted by atomic mass is 19.1. The Morgan fingerprint density at radius 3 is 3.13 bits per heavy atom. The SMILES string of the molecule is CN[C@H]1Cc2cc(F)cc3ccn(c23)C1. The fraction of sp³-hybridized carbons (Fsp3) is 0.333. The van der Waals surface area contributed by atoms with Crippen LogP contribution in [0.2, 0.25) is 0 Å². The molecule has 1 aliphatic heterocycles. The molecule has 0 bridgehead atoms. The van der Waals surface area contributed by atoms with Crippen LogP contribution in [0.25, 0.3) is 10.9 Å². The first kappa shape index (κ1) is 8.92. The van der Waals surface area contributed by atoms with E-state index in [1.165, 1.54) is 5.52 Å². The second kappa shape index (κ2) is 3.07. The molecule has 1 aromatic heterocycles. The van der Waals surface area contributed by atoms with Crippen molar-refractivity contribution in [1.82, 2.24) is 9.88 Å². The smallest absolute Gasteiger partial charge is 0.124 e. The van der Waals surface area contributed by atoms with E-state index in [4.69, 9.17) is 0 Å². The van der Waals surface area contributed by atoms with Gasteiger partial charge in [-0.3, -0.25) is 0 Å². The van der Waals surface area contributed by atoms with Gasteiger partial charge in [-0.25, -0.2) is 4.39 Å². The summed E-state index contributed by atoms with van der Waals surface area (Å²) in [7, 11) is 1.95. The summed E-state index contributed by atoms with van der Waals surface area (Å²) in [6, 6.07) is 5.66. The van der Waals surface area contributed by atoms with Crippen molar-refractivity contribution >= 4 is 10.9 Å². The molecule has 1 N–H and O–H groups in total. The highest BCUT2D eigenvalue weighted by molar-refractivity contribution is 5.84. The molecule has 0 aliphatic carbocycles. The minimum Gasteiger partial charge on any atom is -0.346 e. The molecule has 2 nitrogen and oxygen atoms in total. The summed E-state index contributed by atoms with van der Waals surface area (Å²) in [6.45, 7) is 0.971. The number of nitrogens with one attached hydrogen (secondary N) is 1. The molecule has 0 spiro atoms. The minimum absolute atomic E-state index is 0.132. The summed E-state index contributed by atoms with van der Waals surface area (Å²) in [5.41, 5.74) is 2.31. The van der Waals surface area contributed by atoms with Gasteiger partial charge in [-0.05, 0) is 37.2 Å². The molecule has 78 valence electrons. The Morgan fingerprint density at radius 1 is 1.47 bits per heavy atom. The zero-order valence-corrected chi connectivity index (χ0v) is 8.63. The van der Waals surface area contributed by atoms with Gasteiger partial charge in [-0.2, -0.15) is 0 Å². The summed E-state index contributed by atoms with van der Waals surface area (Å²) in [5, 5.41) is 4.27. The van der Waals surface area contributed by atoms with Crippen molar-refractivity contribution in [1.29, 1.82) is 0 Å². The molecule has 0 radical (unpaired) electrons. The van der Waals surface area contributed by atoms with E-state index in [9.17, 15) is 4.39 Å². The molecule has 0 amide bonds. The average molecular weight is 204 g/mol. The third-order valence-electron chi connectivity index (χ3n) is 3.20. The molecule has 0 fully saturated rings. The van der Waals surface area contributed by atoms with E-state index >= 15 is 0 Å². The van der Waals surface area contributed by atoms with Gasteiger partial charge in [0.25, 0.3) is 0 Å². The van der Waals surface area contributed by atoms with Crippen LogP contribution >= 0.6 is 0 Å². The molecule has 1 atom stereocenters. The number of hydrogen-bond donors (Lipinski definition) is 1. The first-order valence-corrected chi connectivity index (χ1v) is 5.22. The summed E-state index contributed by atoms with van der Waals surface area (Å²) in [4.78, 5) is 0. The molecule has 3 heteroatoms. The summed E-state index contributed by atoms with van der Waals surface area (Å²) in [6.07, 6.45) is 2.95. The maximum Gasteiger partial charge on any atom is 0.124 e.